The van der Waals surface area contributed by atoms with Gasteiger partial charge in [-0.15, -0.1) is 0 Å². The first-order valence-electron chi connectivity index (χ1n) is 5.36. The molecule has 1 aromatic carbocycles. The molecule has 2 N–H and O–H groups in total. The number of aryl methyl sites for hydroxylation is 1. The fourth-order valence-corrected chi connectivity index (χ4v) is 1.77. The summed E-state index contributed by atoms with van der Waals surface area (Å²) in [5, 5.41) is 16.4. The third kappa shape index (κ3) is 2.50. The monoisotopic (exact) mass is 232 g/mol. The average Bonchev–Trinajstić information content (AvgIpc) is 2.32. The Morgan fingerprint density at radius 2 is 2.00 bits per heavy atom. The zero-order chi connectivity index (χ0) is 12.3. The Kier molecular flexibility index (Phi) is 3.18. The highest BCUT2D eigenvalue weighted by molar-refractivity contribution is 5.83. The van der Waals surface area contributed by atoms with Gasteiger partial charge in [-0.05, 0) is 18.9 Å². The maximum Gasteiger partial charge on any atom is 0.303 e. The van der Waals surface area contributed by atoms with Crippen molar-refractivity contribution < 1.29 is 9.90 Å². The van der Waals surface area contributed by atoms with Crippen molar-refractivity contribution in [3.8, 4) is 0 Å². The van der Waals surface area contributed by atoms with Crippen LogP contribution in [0.2, 0.25) is 0 Å². The minimum atomic E-state index is -0.821. The summed E-state index contributed by atoms with van der Waals surface area (Å²) < 4.78 is 0. The van der Waals surface area contributed by atoms with Gasteiger partial charge in [0.05, 0.1) is 11.1 Å². The van der Waals surface area contributed by atoms with Gasteiger partial charge >= 0.3 is 5.97 Å². The number of hydrogen-bond donors (Lipinski definition) is 2. The largest absolute Gasteiger partial charge is 0.481 e. The molecule has 0 aliphatic carbocycles. The molecule has 0 saturated heterocycles. The highest BCUT2D eigenvalue weighted by atomic mass is 16.4. The van der Waals surface area contributed by atoms with E-state index >= 15 is 0 Å². The van der Waals surface area contributed by atoms with Gasteiger partial charge in [-0.25, -0.2) is 5.10 Å². The van der Waals surface area contributed by atoms with Crippen LogP contribution in [0.4, 0.5) is 0 Å². The van der Waals surface area contributed by atoms with Crippen LogP contribution in [0.5, 0.6) is 0 Å². The molecule has 0 saturated carbocycles. The summed E-state index contributed by atoms with van der Waals surface area (Å²) in [6.45, 7) is 0. The summed E-state index contributed by atoms with van der Waals surface area (Å²) >= 11 is 0. The van der Waals surface area contributed by atoms with Gasteiger partial charge in [0.25, 0.3) is 5.56 Å². The van der Waals surface area contributed by atoms with E-state index in [4.69, 9.17) is 5.11 Å². The Balaban J connectivity index is 2.32. The second-order valence-corrected chi connectivity index (χ2v) is 3.79. The summed E-state index contributed by atoms with van der Waals surface area (Å²) in [4.78, 5) is 21.9. The molecular formula is C12H12N2O3. The second-order valence-electron chi connectivity index (χ2n) is 3.79. The molecule has 2 aromatic rings. The van der Waals surface area contributed by atoms with E-state index in [1.165, 1.54) is 0 Å². The molecule has 88 valence electrons. The predicted octanol–water partition coefficient (Wildman–Crippen LogP) is 1.33. The number of fused-ring (bicyclic) bond motifs is 1. The van der Waals surface area contributed by atoms with Crippen molar-refractivity contribution >= 4 is 16.7 Å². The average molecular weight is 232 g/mol. The third-order valence-electron chi connectivity index (χ3n) is 2.58. The van der Waals surface area contributed by atoms with Crippen LogP contribution in [-0.4, -0.2) is 21.3 Å². The first-order chi connectivity index (χ1) is 8.18. The van der Waals surface area contributed by atoms with Gasteiger partial charge in [0.15, 0.2) is 0 Å². The number of carboxylic acid groups (broad SMARTS) is 1. The number of aliphatic carboxylic acids is 1. The van der Waals surface area contributed by atoms with Crippen LogP contribution in [0, 0.1) is 0 Å². The number of rotatable bonds is 4. The molecule has 0 aliphatic rings. The van der Waals surface area contributed by atoms with E-state index in [9.17, 15) is 9.59 Å². The van der Waals surface area contributed by atoms with Crippen LogP contribution in [0.1, 0.15) is 18.5 Å². The SMILES string of the molecule is O=C(O)CCCc1n[nH]c(=O)c2ccccc12. The smallest absolute Gasteiger partial charge is 0.303 e. The van der Waals surface area contributed by atoms with Crippen molar-refractivity contribution in [1.82, 2.24) is 10.2 Å². The number of H-pyrrole nitrogens is 1. The number of hydrogen-bond acceptors (Lipinski definition) is 3. The molecule has 0 bridgehead atoms. The maximum atomic E-state index is 11.5. The summed E-state index contributed by atoms with van der Waals surface area (Å²) in [5.41, 5.74) is 0.518. The molecule has 1 aromatic heterocycles. The molecule has 0 unspecified atom stereocenters. The molecule has 0 radical (unpaired) electrons. The van der Waals surface area contributed by atoms with E-state index in [1.54, 1.807) is 12.1 Å². The topological polar surface area (TPSA) is 83.0 Å². The second kappa shape index (κ2) is 4.78. The van der Waals surface area contributed by atoms with Crippen molar-refractivity contribution in [3.05, 3.63) is 40.3 Å². The first-order valence-corrected chi connectivity index (χ1v) is 5.36. The Bertz CT molecular complexity index is 604. The quantitative estimate of drug-likeness (QED) is 0.833. The van der Waals surface area contributed by atoms with Gasteiger partial charge in [-0.2, -0.15) is 5.10 Å². The molecule has 2 rings (SSSR count). The molecule has 17 heavy (non-hydrogen) atoms. The Labute approximate surface area is 97.1 Å². The lowest BCUT2D eigenvalue weighted by molar-refractivity contribution is -0.137. The van der Waals surface area contributed by atoms with Crippen molar-refractivity contribution in [1.29, 1.82) is 0 Å². The van der Waals surface area contributed by atoms with Crippen LogP contribution >= 0.6 is 0 Å². The van der Waals surface area contributed by atoms with E-state index in [-0.39, 0.29) is 12.0 Å². The van der Waals surface area contributed by atoms with Crippen LogP contribution in [0.15, 0.2) is 29.1 Å². The summed E-state index contributed by atoms with van der Waals surface area (Å²) in [5.74, 6) is -0.821. The van der Waals surface area contributed by atoms with Gasteiger partial charge in [0.1, 0.15) is 0 Å². The number of carbonyl (C=O) groups is 1. The zero-order valence-corrected chi connectivity index (χ0v) is 9.14. The summed E-state index contributed by atoms with van der Waals surface area (Å²) in [6.07, 6.45) is 1.16. The lowest BCUT2D eigenvalue weighted by Crippen LogP contribution is -2.11. The lowest BCUT2D eigenvalue weighted by atomic mass is 10.1. The lowest BCUT2D eigenvalue weighted by Gasteiger charge is -2.03. The fraction of sp³-hybridized carbons (Fsp3) is 0.250. The molecule has 5 nitrogen and oxygen atoms in total. The molecule has 0 aliphatic heterocycles. The predicted molar refractivity (Wildman–Crippen MR) is 62.9 cm³/mol. The zero-order valence-electron chi connectivity index (χ0n) is 9.14. The minimum Gasteiger partial charge on any atom is -0.481 e. The van der Waals surface area contributed by atoms with Gasteiger partial charge in [-0.3, -0.25) is 9.59 Å². The Morgan fingerprint density at radius 3 is 2.71 bits per heavy atom. The number of nitrogens with one attached hydrogen (secondary N) is 1. The molecule has 0 amide bonds. The van der Waals surface area contributed by atoms with Crippen LogP contribution in [-0.2, 0) is 11.2 Å². The molecular weight excluding hydrogens is 220 g/mol. The van der Waals surface area contributed by atoms with E-state index in [0.29, 0.717) is 18.2 Å². The maximum absolute atomic E-state index is 11.5. The molecule has 0 spiro atoms. The highest BCUT2D eigenvalue weighted by Gasteiger charge is 2.06. The number of benzene rings is 1. The van der Waals surface area contributed by atoms with Crippen LogP contribution in [0.25, 0.3) is 10.8 Å². The minimum absolute atomic E-state index is 0.106. The molecule has 1 heterocycles. The number of aromatic amines is 1. The number of nitrogens with zero attached hydrogens (tertiary/aromatic N) is 1. The molecule has 0 atom stereocenters. The Hall–Kier alpha value is -2.17. The van der Waals surface area contributed by atoms with Crippen molar-refractivity contribution in [3.63, 3.8) is 0 Å². The van der Waals surface area contributed by atoms with Crippen LogP contribution < -0.4 is 5.56 Å². The Morgan fingerprint density at radius 1 is 1.29 bits per heavy atom. The van der Waals surface area contributed by atoms with Crippen molar-refractivity contribution in [2.75, 3.05) is 0 Å². The summed E-state index contributed by atoms with van der Waals surface area (Å²) in [6, 6.07) is 7.19. The summed E-state index contributed by atoms with van der Waals surface area (Å²) in [7, 11) is 0. The van der Waals surface area contributed by atoms with E-state index in [1.807, 2.05) is 12.1 Å². The molecule has 5 heteroatoms. The van der Waals surface area contributed by atoms with E-state index in [2.05, 4.69) is 10.2 Å². The van der Waals surface area contributed by atoms with Gasteiger partial charge < -0.3 is 5.11 Å². The third-order valence-corrected chi connectivity index (χ3v) is 2.58. The van der Waals surface area contributed by atoms with Crippen molar-refractivity contribution in [2.24, 2.45) is 0 Å². The van der Waals surface area contributed by atoms with Gasteiger partial charge in [-0.1, -0.05) is 18.2 Å². The fourth-order valence-electron chi connectivity index (χ4n) is 1.77. The van der Waals surface area contributed by atoms with E-state index in [0.717, 1.165) is 11.1 Å². The normalized spacial score (nSPS) is 10.6. The number of aromatic nitrogens is 2. The van der Waals surface area contributed by atoms with Gasteiger partial charge in [0.2, 0.25) is 0 Å². The van der Waals surface area contributed by atoms with E-state index < -0.39 is 5.97 Å². The van der Waals surface area contributed by atoms with Gasteiger partial charge in [0, 0.05) is 11.8 Å². The van der Waals surface area contributed by atoms with Crippen LogP contribution in [0.3, 0.4) is 0 Å². The molecule has 0 fully saturated rings. The van der Waals surface area contributed by atoms with Crippen molar-refractivity contribution in [2.45, 2.75) is 19.3 Å². The highest BCUT2D eigenvalue weighted by Crippen LogP contribution is 2.14. The first kappa shape index (κ1) is 11.3. The number of carboxylic acids is 1. The standard InChI is InChI=1S/C12H12N2O3/c15-11(16)7-3-6-10-8-4-1-2-5-9(8)12(17)14-13-10/h1-2,4-5H,3,6-7H2,(H,14,17)(H,15,16).